The van der Waals surface area contributed by atoms with Crippen molar-refractivity contribution in [1.29, 1.82) is 0 Å². The van der Waals surface area contributed by atoms with Crippen molar-refractivity contribution in [2.75, 3.05) is 6.61 Å². The normalized spacial score (nSPS) is 27.6. The molecule has 1 amide bonds. The number of aliphatic hydroxyl groups excluding tert-OH is 4. The van der Waals surface area contributed by atoms with Crippen molar-refractivity contribution in [1.82, 2.24) is 5.32 Å². The Hall–Kier alpha value is -1.68. The molecule has 0 spiro atoms. The van der Waals surface area contributed by atoms with Crippen LogP contribution in [0.1, 0.15) is 13.8 Å². The van der Waals surface area contributed by atoms with Crippen molar-refractivity contribution >= 4 is 11.9 Å². The van der Waals surface area contributed by atoms with Gasteiger partial charge in [0.25, 0.3) is 0 Å². The minimum absolute atomic E-state index is 0.419. The molecule has 1 aliphatic heterocycles. The second kappa shape index (κ2) is 7.54. The Morgan fingerprint density at radius 3 is 2.41 bits per heavy atom. The number of carbonyl (C=O) groups is 2. The SMILES string of the molecule is CC(C)C(=O)N[C@@H]1C(O)C=C(C(=O)O)OC1C(O)C(O)CO. The lowest BCUT2D eigenvalue weighted by Gasteiger charge is -2.38. The molecule has 1 aliphatic rings. The topological polar surface area (TPSA) is 157 Å². The van der Waals surface area contributed by atoms with E-state index in [0.29, 0.717) is 0 Å². The highest BCUT2D eigenvalue weighted by Gasteiger charge is 2.43. The van der Waals surface area contributed by atoms with Gasteiger partial charge in [0.15, 0.2) is 6.10 Å². The Kier molecular flexibility index (Phi) is 6.30. The molecule has 0 fully saturated rings. The molecule has 22 heavy (non-hydrogen) atoms. The first kappa shape index (κ1) is 18.4. The van der Waals surface area contributed by atoms with Crippen LogP contribution in [0.15, 0.2) is 11.8 Å². The molecule has 0 aromatic heterocycles. The molecule has 5 atom stereocenters. The van der Waals surface area contributed by atoms with Crippen LogP contribution in [0.4, 0.5) is 0 Å². The predicted molar refractivity (Wildman–Crippen MR) is 72.5 cm³/mol. The molecule has 0 saturated heterocycles. The third-order valence-corrected chi connectivity index (χ3v) is 3.27. The standard InChI is InChI=1S/C13H21NO8/c1-5(2)12(19)14-9-6(16)3-8(13(20)21)22-11(9)10(18)7(17)4-15/h3,5-7,9-11,15-18H,4H2,1-2H3,(H,14,19)(H,20,21)/t6?,7?,9-,10?,11?/m1/s1. The van der Waals surface area contributed by atoms with Gasteiger partial charge in [-0.3, -0.25) is 4.79 Å². The fourth-order valence-corrected chi connectivity index (χ4v) is 1.94. The van der Waals surface area contributed by atoms with Crippen molar-refractivity contribution in [2.45, 2.75) is 44.3 Å². The maximum Gasteiger partial charge on any atom is 0.370 e. The smallest absolute Gasteiger partial charge is 0.370 e. The molecule has 0 bridgehead atoms. The lowest BCUT2D eigenvalue weighted by molar-refractivity contribution is -0.150. The van der Waals surface area contributed by atoms with Gasteiger partial charge in [-0.2, -0.15) is 0 Å². The van der Waals surface area contributed by atoms with Gasteiger partial charge in [0.2, 0.25) is 11.7 Å². The lowest BCUT2D eigenvalue weighted by atomic mass is 9.93. The summed E-state index contributed by atoms with van der Waals surface area (Å²) in [4.78, 5) is 22.7. The molecule has 1 rings (SSSR count). The lowest BCUT2D eigenvalue weighted by Crippen LogP contribution is -2.60. The van der Waals surface area contributed by atoms with Crippen LogP contribution in [0, 0.1) is 5.92 Å². The van der Waals surface area contributed by atoms with Crippen LogP contribution in [0.3, 0.4) is 0 Å². The van der Waals surface area contributed by atoms with Crippen molar-refractivity contribution in [3.05, 3.63) is 11.8 Å². The number of carboxylic acid groups (broad SMARTS) is 1. The van der Waals surface area contributed by atoms with Gasteiger partial charge >= 0.3 is 5.97 Å². The number of carboxylic acids is 1. The molecule has 0 aliphatic carbocycles. The number of amides is 1. The van der Waals surface area contributed by atoms with Crippen LogP contribution in [-0.2, 0) is 14.3 Å². The third kappa shape index (κ3) is 4.17. The zero-order valence-electron chi connectivity index (χ0n) is 12.2. The average molecular weight is 319 g/mol. The number of hydrogen-bond donors (Lipinski definition) is 6. The number of carbonyl (C=O) groups excluding carboxylic acids is 1. The van der Waals surface area contributed by atoms with E-state index in [1.165, 1.54) is 0 Å². The zero-order chi connectivity index (χ0) is 17.0. The van der Waals surface area contributed by atoms with Crippen molar-refractivity contribution < 1.29 is 39.9 Å². The van der Waals surface area contributed by atoms with Gasteiger partial charge in [-0.05, 0) is 6.08 Å². The van der Waals surface area contributed by atoms with E-state index in [1.54, 1.807) is 13.8 Å². The summed E-state index contributed by atoms with van der Waals surface area (Å²) >= 11 is 0. The van der Waals surface area contributed by atoms with E-state index in [9.17, 15) is 24.9 Å². The van der Waals surface area contributed by atoms with Crippen molar-refractivity contribution in [3.8, 4) is 0 Å². The Morgan fingerprint density at radius 2 is 1.95 bits per heavy atom. The van der Waals surface area contributed by atoms with Gasteiger partial charge in [0, 0.05) is 5.92 Å². The van der Waals surface area contributed by atoms with Crippen LogP contribution < -0.4 is 5.32 Å². The first-order valence-corrected chi connectivity index (χ1v) is 6.76. The largest absolute Gasteiger partial charge is 0.478 e. The van der Waals surface area contributed by atoms with E-state index >= 15 is 0 Å². The highest BCUT2D eigenvalue weighted by atomic mass is 16.5. The molecule has 0 aromatic carbocycles. The molecule has 6 N–H and O–H groups in total. The summed E-state index contributed by atoms with van der Waals surface area (Å²) in [7, 11) is 0. The monoisotopic (exact) mass is 319 g/mol. The molecule has 0 aromatic rings. The molecular formula is C13H21NO8. The van der Waals surface area contributed by atoms with Crippen molar-refractivity contribution in [2.24, 2.45) is 5.92 Å². The highest BCUT2D eigenvalue weighted by Crippen LogP contribution is 2.23. The van der Waals surface area contributed by atoms with Crippen LogP contribution in [0.2, 0.25) is 0 Å². The fraction of sp³-hybridized carbons (Fsp3) is 0.692. The quantitative estimate of drug-likeness (QED) is 0.315. The minimum atomic E-state index is -1.71. The van der Waals surface area contributed by atoms with Gasteiger partial charge in [-0.1, -0.05) is 13.8 Å². The van der Waals surface area contributed by atoms with Gasteiger partial charge in [-0.15, -0.1) is 0 Å². The first-order valence-electron chi connectivity index (χ1n) is 6.76. The Balaban J connectivity index is 3.06. The van der Waals surface area contributed by atoms with E-state index in [0.717, 1.165) is 6.08 Å². The first-order chi connectivity index (χ1) is 10.2. The summed E-state index contributed by atoms with van der Waals surface area (Å²) in [6, 6.07) is -1.17. The number of aliphatic carboxylic acids is 1. The van der Waals surface area contributed by atoms with Gasteiger partial charge in [0.1, 0.15) is 18.3 Å². The van der Waals surface area contributed by atoms with E-state index in [-0.39, 0.29) is 0 Å². The third-order valence-electron chi connectivity index (χ3n) is 3.27. The summed E-state index contributed by atoms with van der Waals surface area (Å²) in [5.74, 6) is -2.95. The maximum atomic E-state index is 11.8. The summed E-state index contributed by atoms with van der Waals surface area (Å²) in [6.45, 7) is 2.42. The van der Waals surface area contributed by atoms with Crippen LogP contribution in [-0.4, -0.2) is 74.5 Å². The molecule has 9 nitrogen and oxygen atoms in total. The van der Waals surface area contributed by atoms with Gasteiger partial charge in [-0.25, -0.2) is 4.79 Å². The fourth-order valence-electron chi connectivity index (χ4n) is 1.94. The summed E-state index contributed by atoms with van der Waals surface area (Å²) in [6.07, 6.45) is -5.31. The predicted octanol–water partition coefficient (Wildman–Crippen LogP) is -2.43. The van der Waals surface area contributed by atoms with Gasteiger partial charge in [0.05, 0.1) is 12.6 Å². The Bertz CT molecular complexity index is 449. The number of aliphatic hydroxyl groups is 4. The van der Waals surface area contributed by atoms with E-state index in [1.807, 2.05) is 0 Å². The maximum absolute atomic E-state index is 11.8. The molecule has 1 heterocycles. The molecular weight excluding hydrogens is 298 g/mol. The van der Waals surface area contributed by atoms with E-state index < -0.39 is 60.6 Å². The molecule has 0 radical (unpaired) electrons. The highest BCUT2D eigenvalue weighted by molar-refractivity contribution is 5.85. The second-order valence-corrected chi connectivity index (χ2v) is 5.34. The second-order valence-electron chi connectivity index (χ2n) is 5.34. The molecule has 0 saturated carbocycles. The summed E-state index contributed by atoms with van der Waals surface area (Å²) < 4.78 is 5.06. The number of hydrogen-bond acceptors (Lipinski definition) is 7. The minimum Gasteiger partial charge on any atom is -0.478 e. The van der Waals surface area contributed by atoms with E-state index in [2.05, 4.69) is 5.32 Å². The summed E-state index contributed by atoms with van der Waals surface area (Å²) in [5, 5.41) is 49.7. The Labute approximate surface area is 126 Å². The number of ether oxygens (including phenoxy) is 1. The average Bonchev–Trinajstić information content (AvgIpc) is 2.46. The number of rotatable bonds is 6. The number of nitrogens with one attached hydrogen (secondary N) is 1. The Morgan fingerprint density at radius 1 is 1.36 bits per heavy atom. The zero-order valence-corrected chi connectivity index (χ0v) is 12.2. The molecule has 126 valence electrons. The van der Waals surface area contributed by atoms with Crippen molar-refractivity contribution in [3.63, 3.8) is 0 Å². The molecule has 9 heteroatoms. The van der Waals surface area contributed by atoms with Crippen LogP contribution >= 0.6 is 0 Å². The molecule has 4 unspecified atom stereocenters. The van der Waals surface area contributed by atoms with Gasteiger partial charge < -0.3 is 35.6 Å². The summed E-state index contributed by atoms with van der Waals surface area (Å²) in [5.41, 5.74) is 0. The van der Waals surface area contributed by atoms with Crippen LogP contribution in [0.25, 0.3) is 0 Å². The van der Waals surface area contributed by atoms with E-state index in [4.69, 9.17) is 14.9 Å². The van der Waals surface area contributed by atoms with Crippen LogP contribution in [0.5, 0.6) is 0 Å².